The molecule has 5 heteroatoms. The van der Waals surface area contributed by atoms with Crippen LogP contribution >= 0.6 is 0 Å². The fourth-order valence-corrected chi connectivity index (χ4v) is 2.42. The molecule has 0 aromatic heterocycles. The van der Waals surface area contributed by atoms with Crippen LogP contribution in [0.15, 0.2) is 18.2 Å². The Labute approximate surface area is 118 Å². The first-order valence-electron chi connectivity index (χ1n) is 6.57. The van der Waals surface area contributed by atoms with Crippen molar-refractivity contribution in [1.29, 1.82) is 5.26 Å². The SMILES string of the molecule is CN(C)c1ccc(C(=O)N(C)C2(C#N)CCC2)cc1F. The molecule has 1 aliphatic carbocycles. The molecule has 106 valence electrons. The van der Waals surface area contributed by atoms with Crippen LogP contribution in [-0.2, 0) is 0 Å². The Hall–Kier alpha value is -2.09. The Kier molecular flexibility index (Phi) is 3.67. The molecule has 0 N–H and O–H groups in total. The summed E-state index contributed by atoms with van der Waals surface area (Å²) in [6, 6.07) is 6.62. The smallest absolute Gasteiger partial charge is 0.254 e. The van der Waals surface area contributed by atoms with E-state index < -0.39 is 11.4 Å². The summed E-state index contributed by atoms with van der Waals surface area (Å²) in [5.41, 5.74) is -0.00620. The van der Waals surface area contributed by atoms with Crippen molar-refractivity contribution in [1.82, 2.24) is 4.90 Å². The van der Waals surface area contributed by atoms with E-state index in [-0.39, 0.29) is 11.5 Å². The van der Waals surface area contributed by atoms with Crippen LogP contribution in [0.1, 0.15) is 29.6 Å². The topological polar surface area (TPSA) is 47.3 Å². The molecule has 0 atom stereocenters. The molecule has 20 heavy (non-hydrogen) atoms. The lowest BCUT2D eigenvalue weighted by molar-refractivity contribution is 0.0497. The van der Waals surface area contributed by atoms with Crippen LogP contribution in [0.3, 0.4) is 0 Å². The molecule has 2 rings (SSSR count). The number of nitrogens with zero attached hydrogens (tertiary/aromatic N) is 3. The average Bonchev–Trinajstić information content (AvgIpc) is 2.36. The minimum Gasteiger partial charge on any atom is -0.375 e. The summed E-state index contributed by atoms with van der Waals surface area (Å²) in [5, 5.41) is 9.25. The standard InChI is InChI=1S/C15H18FN3O/c1-18(2)13-6-5-11(9-12(13)16)14(20)19(3)15(10-17)7-4-8-15/h5-6,9H,4,7-8H2,1-3H3. The summed E-state index contributed by atoms with van der Waals surface area (Å²) in [5.74, 6) is -0.746. The molecule has 0 aliphatic heterocycles. The van der Waals surface area contributed by atoms with Gasteiger partial charge in [-0.2, -0.15) is 5.26 Å². The molecule has 1 saturated carbocycles. The van der Waals surface area contributed by atoms with Crippen molar-refractivity contribution < 1.29 is 9.18 Å². The molecular weight excluding hydrogens is 257 g/mol. The molecule has 0 saturated heterocycles. The van der Waals surface area contributed by atoms with Crippen molar-refractivity contribution in [2.45, 2.75) is 24.8 Å². The van der Waals surface area contributed by atoms with Crippen molar-refractivity contribution in [2.75, 3.05) is 26.0 Å². The van der Waals surface area contributed by atoms with Crippen LogP contribution in [0.4, 0.5) is 10.1 Å². The van der Waals surface area contributed by atoms with Gasteiger partial charge in [0.25, 0.3) is 5.91 Å². The predicted octanol–water partition coefficient (Wildman–Crippen LogP) is 2.41. The maximum absolute atomic E-state index is 13.9. The second kappa shape index (κ2) is 5.12. The van der Waals surface area contributed by atoms with Gasteiger partial charge in [0.2, 0.25) is 0 Å². The van der Waals surface area contributed by atoms with Gasteiger partial charge in [0.05, 0.1) is 11.8 Å². The normalized spacial score (nSPS) is 15.9. The lowest BCUT2D eigenvalue weighted by atomic mass is 9.76. The molecule has 1 amide bonds. The molecule has 1 fully saturated rings. The monoisotopic (exact) mass is 275 g/mol. The fraction of sp³-hybridized carbons (Fsp3) is 0.467. The zero-order valence-electron chi connectivity index (χ0n) is 12.0. The van der Waals surface area contributed by atoms with Gasteiger partial charge in [-0.25, -0.2) is 4.39 Å². The Bertz CT molecular complexity index is 573. The second-order valence-corrected chi connectivity index (χ2v) is 5.42. The fourth-order valence-electron chi connectivity index (χ4n) is 2.42. The highest BCUT2D eigenvalue weighted by molar-refractivity contribution is 5.95. The largest absolute Gasteiger partial charge is 0.375 e. The van der Waals surface area contributed by atoms with Crippen LogP contribution in [0, 0.1) is 17.1 Å². The first-order chi connectivity index (χ1) is 9.41. The van der Waals surface area contributed by atoms with E-state index in [4.69, 9.17) is 0 Å². The number of amides is 1. The molecule has 4 nitrogen and oxygen atoms in total. The molecule has 1 aliphatic rings. The minimum atomic E-state index is -0.715. The van der Waals surface area contributed by atoms with Gasteiger partial charge in [-0.1, -0.05) is 0 Å². The maximum atomic E-state index is 13.9. The van der Waals surface area contributed by atoms with Crippen LogP contribution in [-0.4, -0.2) is 37.5 Å². The third-order valence-corrected chi connectivity index (χ3v) is 4.01. The van der Waals surface area contributed by atoms with Crippen LogP contribution in [0.5, 0.6) is 0 Å². The first-order valence-corrected chi connectivity index (χ1v) is 6.57. The van der Waals surface area contributed by atoms with E-state index in [0.29, 0.717) is 18.5 Å². The van der Waals surface area contributed by atoms with Gasteiger partial charge < -0.3 is 9.80 Å². The van der Waals surface area contributed by atoms with Crippen molar-refractivity contribution in [3.63, 3.8) is 0 Å². The van der Waals surface area contributed by atoms with E-state index in [1.165, 1.54) is 11.0 Å². The first kappa shape index (κ1) is 14.3. The van der Waals surface area contributed by atoms with Gasteiger partial charge in [0.15, 0.2) is 0 Å². The van der Waals surface area contributed by atoms with Gasteiger partial charge in [-0.05, 0) is 37.5 Å². The summed E-state index contributed by atoms with van der Waals surface area (Å²) in [4.78, 5) is 15.5. The summed E-state index contributed by atoms with van der Waals surface area (Å²) < 4.78 is 13.9. The van der Waals surface area contributed by atoms with E-state index in [1.54, 1.807) is 38.2 Å². The summed E-state index contributed by atoms with van der Waals surface area (Å²) in [7, 11) is 5.10. The highest BCUT2D eigenvalue weighted by Gasteiger charge is 2.43. The molecule has 0 bridgehead atoms. The lowest BCUT2D eigenvalue weighted by Crippen LogP contribution is -2.53. The highest BCUT2D eigenvalue weighted by atomic mass is 19.1. The average molecular weight is 275 g/mol. The van der Waals surface area contributed by atoms with E-state index in [9.17, 15) is 14.4 Å². The maximum Gasteiger partial charge on any atom is 0.254 e. The number of nitriles is 1. The second-order valence-electron chi connectivity index (χ2n) is 5.42. The number of rotatable bonds is 3. The zero-order valence-corrected chi connectivity index (χ0v) is 12.0. The van der Waals surface area contributed by atoms with Gasteiger partial charge in [0.1, 0.15) is 11.4 Å². The summed E-state index contributed by atoms with van der Waals surface area (Å²) in [6.07, 6.45) is 2.31. The van der Waals surface area contributed by atoms with Gasteiger partial charge in [0, 0.05) is 26.7 Å². The van der Waals surface area contributed by atoms with E-state index >= 15 is 0 Å². The number of halogens is 1. The lowest BCUT2D eigenvalue weighted by Gasteiger charge is -2.42. The number of hydrogen-bond donors (Lipinski definition) is 0. The number of hydrogen-bond acceptors (Lipinski definition) is 3. The molecule has 0 spiro atoms. The Balaban J connectivity index is 2.26. The summed E-state index contributed by atoms with van der Waals surface area (Å²) >= 11 is 0. The molecular formula is C15H18FN3O. The summed E-state index contributed by atoms with van der Waals surface area (Å²) in [6.45, 7) is 0. The van der Waals surface area contributed by atoms with Crippen molar-refractivity contribution in [3.05, 3.63) is 29.6 Å². The Morgan fingerprint density at radius 1 is 1.35 bits per heavy atom. The number of carbonyl (C=O) groups is 1. The molecule has 0 unspecified atom stereocenters. The van der Waals surface area contributed by atoms with Crippen molar-refractivity contribution >= 4 is 11.6 Å². The number of carbonyl (C=O) groups excluding carboxylic acids is 1. The predicted molar refractivity (Wildman–Crippen MR) is 75.0 cm³/mol. The van der Waals surface area contributed by atoms with Gasteiger partial charge in [-0.15, -0.1) is 0 Å². The quantitative estimate of drug-likeness (QED) is 0.851. The van der Waals surface area contributed by atoms with Crippen molar-refractivity contribution in [3.8, 4) is 6.07 Å². The van der Waals surface area contributed by atoms with E-state index in [2.05, 4.69) is 6.07 Å². The third kappa shape index (κ3) is 2.22. The Morgan fingerprint density at radius 3 is 2.40 bits per heavy atom. The Morgan fingerprint density at radius 2 is 2.00 bits per heavy atom. The van der Waals surface area contributed by atoms with Gasteiger partial charge in [-0.3, -0.25) is 4.79 Å². The van der Waals surface area contributed by atoms with E-state index in [1.807, 2.05) is 0 Å². The zero-order chi connectivity index (χ0) is 14.9. The van der Waals surface area contributed by atoms with Gasteiger partial charge >= 0.3 is 0 Å². The van der Waals surface area contributed by atoms with E-state index in [0.717, 1.165) is 6.42 Å². The molecule has 0 radical (unpaired) electrons. The van der Waals surface area contributed by atoms with Crippen LogP contribution < -0.4 is 4.90 Å². The number of benzene rings is 1. The number of anilines is 1. The van der Waals surface area contributed by atoms with Crippen LogP contribution in [0.2, 0.25) is 0 Å². The minimum absolute atomic E-state index is 0.275. The molecule has 0 heterocycles. The van der Waals surface area contributed by atoms with Crippen LogP contribution in [0.25, 0.3) is 0 Å². The highest BCUT2D eigenvalue weighted by Crippen LogP contribution is 2.37. The molecule has 1 aromatic rings. The third-order valence-electron chi connectivity index (χ3n) is 4.01. The molecule has 1 aromatic carbocycles. The van der Waals surface area contributed by atoms with Crippen molar-refractivity contribution in [2.24, 2.45) is 0 Å².